The largest absolute Gasteiger partial charge is 0.276 e. The van der Waals surface area contributed by atoms with Gasteiger partial charge in [-0.3, -0.25) is 4.98 Å². The summed E-state index contributed by atoms with van der Waals surface area (Å²) < 4.78 is 24.9. The van der Waals surface area contributed by atoms with Crippen LogP contribution in [0.5, 0.6) is 0 Å². The zero-order valence-corrected chi connectivity index (χ0v) is 13.0. The number of benzene rings is 1. The minimum absolute atomic E-state index is 0.159. The first-order valence-electron chi connectivity index (χ1n) is 5.71. The maximum atomic E-state index is 12.0. The third-order valence-electron chi connectivity index (χ3n) is 2.56. The first-order valence-corrected chi connectivity index (χ1v) is 7.99. The van der Waals surface area contributed by atoms with Crippen LogP contribution < -0.4 is 4.83 Å². The van der Waals surface area contributed by atoms with Crippen molar-refractivity contribution in [1.29, 1.82) is 0 Å². The predicted octanol–water partition coefficient (Wildman–Crippen LogP) is 2.55. The van der Waals surface area contributed by atoms with Gasteiger partial charge in [0.15, 0.2) is 0 Å². The molecule has 0 unspecified atom stereocenters. The number of rotatable bonds is 4. The van der Waals surface area contributed by atoms with Crippen LogP contribution in [0.1, 0.15) is 12.5 Å². The van der Waals surface area contributed by atoms with E-state index >= 15 is 0 Å². The Labute approximate surface area is 125 Å². The van der Waals surface area contributed by atoms with Crippen molar-refractivity contribution in [3.05, 3.63) is 58.8 Å². The summed E-state index contributed by atoms with van der Waals surface area (Å²) in [5, 5.41) is 3.90. The molecule has 2 aromatic rings. The first-order chi connectivity index (χ1) is 9.49. The predicted molar refractivity (Wildman–Crippen MR) is 80.9 cm³/mol. The van der Waals surface area contributed by atoms with Crippen LogP contribution in [0.25, 0.3) is 0 Å². The molecule has 20 heavy (non-hydrogen) atoms. The Balaban J connectivity index is 2.19. The Morgan fingerprint density at radius 3 is 2.35 bits per heavy atom. The van der Waals surface area contributed by atoms with Crippen LogP contribution >= 0.6 is 15.9 Å². The monoisotopic (exact) mass is 353 g/mol. The second-order valence-electron chi connectivity index (χ2n) is 3.98. The summed E-state index contributed by atoms with van der Waals surface area (Å²) in [6.45, 7) is 1.72. The molecule has 1 heterocycles. The van der Waals surface area contributed by atoms with Gasteiger partial charge in [0.2, 0.25) is 0 Å². The van der Waals surface area contributed by atoms with Crippen molar-refractivity contribution in [1.82, 2.24) is 9.82 Å². The van der Waals surface area contributed by atoms with E-state index < -0.39 is 10.0 Å². The summed E-state index contributed by atoms with van der Waals surface area (Å²) in [6, 6.07) is 9.84. The summed E-state index contributed by atoms with van der Waals surface area (Å²) in [5.41, 5.74) is 1.37. The van der Waals surface area contributed by atoms with E-state index in [1.54, 1.807) is 43.6 Å². The Kier molecular flexibility index (Phi) is 4.51. The van der Waals surface area contributed by atoms with E-state index in [0.29, 0.717) is 5.71 Å². The second kappa shape index (κ2) is 6.15. The Hall–Kier alpha value is -1.73. The average molecular weight is 354 g/mol. The molecule has 5 nitrogen and oxygen atoms in total. The molecule has 1 N–H and O–H groups in total. The third-order valence-corrected chi connectivity index (χ3v) is 4.31. The van der Waals surface area contributed by atoms with Gasteiger partial charge < -0.3 is 0 Å². The van der Waals surface area contributed by atoms with Gasteiger partial charge in [-0.25, -0.2) is 0 Å². The number of nitrogens with zero attached hydrogens (tertiary/aromatic N) is 2. The summed E-state index contributed by atoms with van der Waals surface area (Å²) in [6.07, 6.45) is 3.25. The smallest absolute Gasteiger partial charge is 0.265 e. The van der Waals surface area contributed by atoms with Gasteiger partial charge in [-0.05, 0) is 43.3 Å². The molecule has 1 aromatic carbocycles. The van der Waals surface area contributed by atoms with Crippen molar-refractivity contribution in [2.75, 3.05) is 0 Å². The lowest BCUT2D eigenvalue weighted by molar-refractivity contribution is 0.584. The highest BCUT2D eigenvalue weighted by atomic mass is 79.9. The Morgan fingerprint density at radius 2 is 1.75 bits per heavy atom. The van der Waals surface area contributed by atoms with Gasteiger partial charge in [-0.15, -0.1) is 0 Å². The molecule has 0 aliphatic carbocycles. The third kappa shape index (κ3) is 3.64. The maximum absolute atomic E-state index is 12.0. The van der Waals surface area contributed by atoms with Crippen LogP contribution in [-0.2, 0) is 10.0 Å². The van der Waals surface area contributed by atoms with Crippen LogP contribution in [0.15, 0.2) is 63.3 Å². The molecule has 0 radical (unpaired) electrons. The molecule has 104 valence electrons. The molecular formula is C13H12BrN3O2S. The number of halogens is 1. The summed E-state index contributed by atoms with van der Waals surface area (Å²) >= 11 is 3.26. The second-order valence-corrected chi connectivity index (χ2v) is 6.56. The molecule has 0 aliphatic rings. The first kappa shape index (κ1) is 14.7. The number of hydrogen-bond acceptors (Lipinski definition) is 4. The number of aromatic nitrogens is 1. The lowest BCUT2D eigenvalue weighted by Crippen LogP contribution is -2.19. The van der Waals surface area contributed by atoms with Gasteiger partial charge in [-0.1, -0.05) is 15.9 Å². The minimum atomic E-state index is -3.65. The van der Waals surface area contributed by atoms with Crippen LogP contribution in [0.2, 0.25) is 0 Å². The topological polar surface area (TPSA) is 71.4 Å². The van der Waals surface area contributed by atoms with Gasteiger partial charge in [-0.2, -0.15) is 18.4 Å². The maximum Gasteiger partial charge on any atom is 0.276 e. The average Bonchev–Trinajstić information content (AvgIpc) is 2.46. The van der Waals surface area contributed by atoms with Crippen molar-refractivity contribution in [3.8, 4) is 0 Å². The summed E-state index contributed by atoms with van der Waals surface area (Å²) in [5.74, 6) is 0. The number of hydrogen-bond donors (Lipinski definition) is 1. The number of nitrogens with one attached hydrogen (secondary N) is 1. The van der Waals surface area contributed by atoms with E-state index in [1.165, 1.54) is 12.1 Å². The van der Waals surface area contributed by atoms with E-state index in [2.05, 4.69) is 30.8 Å². The molecule has 0 spiro atoms. The Morgan fingerprint density at radius 1 is 1.15 bits per heavy atom. The van der Waals surface area contributed by atoms with Gasteiger partial charge in [0.05, 0.1) is 10.6 Å². The van der Waals surface area contributed by atoms with Crippen LogP contribution in [0.4, 0.5) is 0 Å². The fourth-order valence-electron chi connectivity index (χ4n) is 1.45. The number of hydrazone groups is 1. The van der Waals surface area contributed by atoms with Gasteiger partial charge in [0.1, 0.15) is 0 Å². The summed E-state index contributed by atoms with van der Waals surface area (Å²) in [7, 11) is -3.65. The molecule has 0 fully saturated rings. The van der Waals surface area contributed by atoms with Gasteiger partial charge >= 0.3 is 0 Å². The van der Waals surface area contributed by atoms with E-state index in [9.17, 15) is 8.42 Å². The molecule has 1 aromatic heterocycles. The normalized spacial score (nSPS) is 12.2. The van der Waals surface area contributed by atoms with Crippen molar-refractivity contribution in [3.63, 3.8) is 0 Å². The minimum Gasteiger partial charge on any atom is -0.265 e. The van der Waals surface area contributed by atoms with Crippen molar-refractivity contribution in [2.24, 2.45) is 5.10 Å². The molecule has 7 heteroatoms. The van der Waals surface area contributed by atoms with Crippen LogP contribution in [-0.4, -0.2) is 19.1 Å². The quantitative estimate of drug-likeness (QED) is 0.678. The van der Waals surface area contributed by atoms with Crippen LogP contribution in [0, 0.1) is 0 Å². The summed E-state index contributed by atoms with van der Waals surface area (Å²) in [4.78, 5) is 6.27. The standard InChI is InChI=1S/C13H12BrN3O2S/c1-10(11-6-8-15-9-7-11)16-17-20(18,19)13-4-2-12(14)3-5-13/h2-9,17H,1H3/b16-10-. The zero-order chi connectivity index (χ0) is 14.6. The van der Waals surface area contributed by atoms with E-state index in [0.717, 1.165) is 10.0 Å². The lowest BCUT2D eigenvalue weighted by atomic mass is 10.2. The van der Waals surface area contributed by atoms with Crippen molar-refractivity contribution in [2.45, 2.75) is 11.8 Å². The number of pyridine rings is 1. The van der Waals surface area contributed by atoms with E-state index in [-0.39, 0.29) is 4.90 Å². The molecule has 0 saturated carbocycles. The SMILES string of the molecule is C/C(=N/NS(=O)(=O)c1ccc(Br)cc1)c1ccncc1. The fourth-order valence-corrected chi connectivity index (χ4v) is 2.57. The highest BCUT2D eigenvalue weighted by Gasteiger charge is 2.12. The molecule has 0 saturated heterocycles. The molecule has 0 amide bonds. The molecule has 0 bridgehead atoms. The molecular weight excluding hydrogens is 342 g/mol. The van der Waals surface area contributed by atoms with Crippen LogP contribution in [0.3, 0.4) is 0 Å². The zero-order valence-electron chi connectivity index (χ0n) is 10.6. The molecule has 0 atom stereocenters. The highest BCUT2D eigenvalue weighted by molar-refractivity contribution is 9.10. The Bertz CT molecular complexity index is 713. The molecule has 2 rings (SSSR count). The number of sulfonamides is 1. The fraction of sp³-hybridized carbons (Fsp3) is 0.0769. The van der Waals surface area contributed by atoms with Crippen molar-refractivity contribution >= 4 is 31.7 Å². The highest BCUT2D eigenvalue weighted by Crippen LogP contribution is 2.14. The van der Waals surface area contributed by atoms with Crippen molar-refractivity contribution < 1.29 is 8.42 Å². The van der Waals surface area contributed by atoms with E-state index in [1.807, 2.05) is 0 Å². The lowest BCUT2D eigenvalue weighted by Gasteiger charge is -2.05. The van der Waals surface area contributed by atoms with E-state index in [4.69, 9.17) is 0 Å². The van der Waals surface area contributed by atoms with Gasteiger partial charge in [0, 0.05) is 22.4 Å². The van der Waals surface area contributed by atoms with Gasteiger partial charge in [0.25, 0.3) is 10.0 Å². The molecule has 0 aliphatic heterocycles.